The number of fused-ring (bicyclic) bond motifs is 1. The Bertz CT molecular complexity index is 447. The highest BCUT2D eigenvalue weighted by Gasteiger charge is 2.39. The summed E-state index contributed by atoms with van der Waals surface area (Å²) in [7, 11) is 2.22. The second-order valence-electron chi connectivity index (χ2n) is 6.32. The molecule has 0 amide bonds. The molecule has 0 bridgehead atoms. The molecule has 19 heavy (non-hydrogen) atoms. The van der Waals surface area contributed by atoms with Gasteiger partial charge in [0.2, 0.25) is 0 Å². The average Bonchev–Trinajstić information content (AvgIpc) is 2.57. The molecule has 1 aromatic carbocycles. The van der Waals surface area contributed by atoms with Gasteiger partial charge in [0.25, 0.3) is 0 Å². The molecule has 0 radical (unpaired) electrons. The van der Waals surface area contributed by atoms with Crippen LogP contribution in [-0.2, 0) is 12.0 Å². The Morgan fingerprint density at radius 3 is 2.42 bits per heavy atom. The minimum atomic E-state index is 0.248. The maximum absolute atomic E-state index is 2.46. The van der Waals surface area contributed by atoms with Crippen LogP contribution in [0.4, 0.5) is 5.69 Å². The zero-order chi connectivity index (χ0) is 14.2. The quantitative estimate of drug-likeness (QED) is 0.815. The fourth-order valence-corrected chi connectivity index (χ4v) is 3.14. The van der Waals surface area contributed by atoms with E-state index in [4.69, 9.17) is 0 Å². The lowest BCUT2D eigenvalue weighted by molar-refractivity contribution is 0.296. The Morgan fingerprint density at radius 1 is 1.21 bits per heavy atom. The molecule has 1 aliphatic heterocycles. The third-order valence-corrected chi connectivity index (χ3v) is 5.06. The molecule has 1 aromatic rings. The number of hydrogen-bond donors (Lipinski definition) is 0. The molecule has 0 aromatic heterocycles. The first-order valence-electron chi connectivity index (χ1n) is 7.50. The summed E-state index contributed by atoms with van der Waals surface area (Å²) in [6, 6.07) is 7.60. The van der Waals surface area contributed by atoms with Crippen molar-refractivity contribution in [1.29, 1.82) is 0 Å². The predicted molar refractivity (Wildman–Crippen MR) is 84.0 cm³/mol. The van der Waals surface area contributed by atoms with E-state index in [1.165, 1.54) is 16.8 Å². The van der Waals surface area contributed by atoms with Gasteiger partial charge in [0.15, 0.2) is 0 Å². The Morgan fingerprint density at radius 2 is 1.84 bits per heavy atom. The van der Waals surface area contributed by atoms with E-state index in [0.29, 0.717) is 6.04 Å². The smallest absolute Gasteiger partial charge is 0.0408 e. The Kier molecular flexibility index (Phi) is 3.91. The lowest BCUT2D eigenvalue weighted by atomic mass is 9.81. The van der Waals surface area contributed by atoms with Crippen molar-refractivity contribution in [3.63, 3.8) is 0 Å². The van der Waals surface area contributed by atoms with Crippen molar-refractivity contribution in [1.82, 2.24) is 4.90 Å². The molecule has 0 saturated heterocycles. The molecule has 0 saturated carbocycles. The van der Waals surface area contributed by atoms with E-state index in [1.807, 2.05) is 0 Å². The zero-order valence-electron chi connectivity index (χ0n) is 13.3. The summed E-state index contributed by atoms with van der Waals surface area (Å²) in [5, 5.41) is 0. The summed E-state index contributed by atoms with van der Waals surface area (Å²) in [5.74, 6) is 0. The molecular weight excluding hydrogens is 232 g/mol. The first kappa shape index (κ1) is 14.4. The van der Waals surface area contributed by atoms with Crippen molar-refractivity contribution in [2.45, 2.75) is 52.6 Å². The normalized spacial score (nSPS) is 21.0. The lowest BCUT2D eigenvalue weighted by Gasteiger charge is -2.28. The second-order valence-corrected chi connectivity index (χ2v) is 6.32. The number of anilines is 1. The number of likely N-dealkylation sites (N-methyl/N-ethyl adjacent to an activating group) is 1. The molecule has 0 unspecified atom stereocenters. The van der Waals surface area contributed by atoms with Crippen LogP contribution in [-0.4, -0.2) is 31.1 Å². The van der Waals surface area contributed by atoms with E-state index in [9.17, 15) is 0 Å². The maximum Gasteiger partial charge on any atom is 0.0408 e. The fraction of sp³-hybridized carbons (Fsp3) is 0.647. The summed E-state index contributed by atoms with van der Waals surface area (Å²) in [6.45, 7) is 14.8. The van der Waals surface area contributed by atoms with Gasteiger partial charge in [0.1, 0.15) is 0 Å². The second kappa shape index (κ2) is 5.16. The molecule has 106 valence electrons. The summed E-state index contributed by atoms with van der Waals surface area (Å²) in [6.07, 6.45) is 0. The summed E-state index contributed by atoms with van der Waals surface area (Å²) >= 11 is 0. The van der Waals surface area contributed by atoms with E-state index in [1.54, 1.807) is 0 Å². The van der Waals surface area contributed by atoms with Crippen molar-refractivity contribution in [2.24, 2.45) is 0 Å². The fourth-order valence-electron chi connectivity index (χ4n) is 3.14. The van der Waals surface area contributed by atoms with E-state index in [0.717, 1.165) is 19.6 Å². The molecular formula is C17H28N2. The highest BCUT2D eigenvalue weighted by molar-refractivity contribution is 5.64. The van der Waals surface area contributed by atoms with Crippen molar-refractivity contribution in [3.8, 4) is 0 Å². The van der Waals surface area contributed by atoms with Crippen LogP contribution in [0.3, 0.4) is 0 Å². The van der Waals surface area contributed by atoms with Crippen LogP contribution in [0.25, 0.3) is 0 Å². The molecule has 2 rings (SSSR count). The standard InChI is InChI=1S/C17H28N2/c1-7-19(8-2)12-14-9-10-15-16(11-14)18(6)13(3)17(15,4)5/h9-11,13H,7-8,12H2,1-6H3/t13-/m1/s1. The van der Waals surface area contributed by atoms with Crippen molar-refractivity contribution in [2.75, 3.05) is 25.0 Å². The van der Waals surface area contributed by atoms with Gasteiger partial charge in [-0.15, -0.1) is 0 Å². The third-order valence-electron chi connectivity index (χ3n) is 5.06. The van der Waals surface area contributed by atoms with Gasteiger partial charge in [-0.05, 0) is 37.2 Å². The molecule has 2 nitrogen and oxygen atoms in total. The predicted octanol–water partition coefficient (Wildman–Crippen LogP) is 3.64. The first-order valence-corrected chi connectivity index (χ1v) is 7.50. The Labute approximate surface area is 118 Å². The van der Waals surface area contributed by atoms with Gasteiger partial charge in [-0.3, -0.25) is 4.90 Å². The largest absolute Gasteiger partial charge is 0.371 e. The molecule has 0 N–H and O–H groups in total. The number of rotatable bonds is 4. The molecule has 1 aliphatic rings. The monoisotopic (exact) mass is 260 g/mol. The van der Waals surface area contributed by atoms with Crippen LogP contribution < -0.4 is 4.90 Å². The van der Waals surface area contributed by atoms with Gasteiger partial charge in [-0.25, -0.2) is 0 Å². The number of benzene rings is 1. The van der Waals surface area contributed by atoms with Crippen LogP contribution in [0, 0.1) is 0 Å². The average molecular weight is 260 g/mol. The molecule has 1 heterocycles. The topological polar surface area (TPSA) is 6.48 Å². The van der Waals surface area contributed by atoms with Crippen LogP contribution in [0.5, 0.6) is 0 Å². The third kappa shape index (κ3) is 2.38. The molecule has 2 heteroatoms. The minimum absolute atomic E-state index is 0.248. The van der Waals surface area contributed by atoms with Crippen LogP contribution >= 0.6 is 0 Å². The first-order chi connectivity index (χ1) is 8.91. The lowest BCUT2D eigenvalue weighted by Crippen LogP contribution is -2.36. The van der Waals surface area contributed by atoms with Gasteiger partial charge >= 0.3 is 0 Å². The summed E-state index contributed by atoms with van der Waals surface area (Å²) in [4.78, 5) is 4.90. The molecule has 0 aliphatic carbocycles. The highest BCUT2D eigenvalue weighted by Crippen LogP contribution is 2.44. The van der Waals surface area contributed by atoms with Gasteiger partial charge in [0, 0.05) is 30.7 Å². The van der Waals surface area contributed by atoms with Crippen molar-refractivity contribution < 1.29 is 0 Å². The van der Waals surface area contributed by atoms with E-state index in [-0.39, 0.29) is 5.41 Å². The molecule has 0 spiro atoms. The Balaban J connectivity index is 2.31. The zero-order valence-corrected chi connectivity index (χ0v) is 13.3. The van der Waals surface area contributed by atoms with Gasteiger partial charge < -0.3 is 4.90 Å². The Hall–Kier alpha value is -1.02. The van der Waals surface area contributed by atoms with E-state index in [2.05, 4.69) is 69.7 Å². The molecule has 0 fully saturated rings. The molecule has 1 atom stereocenters. The van der Waals surface area contributed by atoms with Crippen molar-refractivity contribution in [3.05, 3.63) is 29.3 Å². The maximum atomic E-state index is 2.46. The minimum Gasteiger partial charge on any atom is -0.371 e. The van der Waals surface area contributed by atoms with Gasteiger partial charge in [-0.2, -0.15) is 0 Å². The van der Waals surface area contributed by atoms with E-state index < -0.39 is 0 Å². The van der Waals surface area contributed by atoms with Crippen molar-refractivity contribution >= 4 is 5.69 Å². The van der Waals surface area contributed by atoms with Crippen LogP contribution in [0.15, 0.2) is 18.2 Å². The number of hydrogen-bond acceptors (Lipinski definition) is 2. The van der Waals surface area contributed by atoms with Crippen LogP contribution in [0.2, 0.25) is 0 Å². The summed E-state index contributed by atoms with van der Waals surface area (Å²) in [5.41, 5.74) is 4.59. The van der Waals surface area contributed by atoms with Gasteiger partial charge in [0.05, 0.1) is 0 Å². The highest BCUT2D eigenvalue weighted by atomic mass is 15.2. The SMILES string of the molecule is CCN(CC)Cc1ccc2c(c1)N(C)[C@H](C)C2(C)C. The van der Waals surface area contributed by atoms with Crippen LogP contribution in [0.1, 0.15) is 45.7 Å². The summed E-state index contributed by atoms with van der Waals surface area (Å²) < 4.78 is 0. The van der Waals surface area contributed by atoms with Gasteiger partial charge in [-0.1, -0.05) is 39.8 Å². The van der Waals surface area contributed by atoms with E-state index >= 15 is 0 Å². The number of nitrogens with zero attached hydrogens (tertiary/aromatic N) is 2.